The van der Waals surface area contributed by atoms with E-state index in [4.69, 9.17) is 9.47 Å². The lowest BCUT2D eigenvalue weighted by atomic mass is 10.1. The van der Waals surface area contributed by atoms with E-state index < -0.39 is 10.0 Å². The lowest BCUT2D eigenvalue weighted by molar-refractivity contribution is 0.0951. The molecule has 3 aromatic rings. The molecule has 0 radical (unpaired) electrons. The standard InChI is InChI=1S/C23H25N3O5S/c1-30-19-9-5-17(6-10-19)15-25(16-18-7-11-20(31-2)12-8-18)32(28,29)23-14-21-22(27)4-3-13-26(21)24-23/h5-12,14H,3-4,13,15-16H2,1-2H3. The van der Waals surface area contributed by atoms with Gasteiger partial charge < -0.3 is 9.47 Å². The predicted molar refractivity (Wildman–Crippen MR) is 118 cm³/mol. The van der Waals surface area contributed by atoms with Crippen molar-refractivity contribution in [2.75, 3.05) is 14.2 Å². The molecule has 0 N–H and O–H groups in total. The number of ketones is 1. The molecule has 0 aliphatic carbocycles. The Hall–Kier alpha value is -3.17. The molecular weight excluding hydrogens is 430 g/mol. The molecule has 1 aliphatic heterocycles. The first-order valence-corrected chi connectivity index (χ1v) is 11.7. The summed E-state index contributed by atoms with van der Waals surface area (Å²) in [7, 11) is -0.798. The van der Waals surface area contributed by atoms with E-state index >= 15 is 0 Å². The monoisotopic (exact) mass is 455 g/mol. The van der Waals surface area contributed by atoms with Gasteiger partial charge in [-0.2, -0.15) is 9.40 Å². The average molecular weight is 456 g/mol. The van der Waals surface area contributed by atoms with Crippen molar-refractivity contribution in [2.24, 2.45) is 0 Å². The highest BCUT2D eigenvalue weighted by atomic mass is 32.2. The number of methoxy groups -OCH3 is 2. The van der Waals surface area contributed by atoms with Gasteiger partial charge in [0, 0.05) is 32.1 Å². The minimum atomic E-state index is -3.96. The molecule has 168 valence electrons. The molecule has 0 bridgehead atoms. The number of hydrogen-bond acceptors (Lipinski definition) is 6. The molecule has 0 spiro atoms. The normalized spacial score (nSPS) is 13.8. The van der Waals surface area contributed by atoms with Gasteiger partial charge in [-0.25, -0.2) is 8.42 Å². The summed E-state index contributed by atoms with van der Waals surface area (Å²) >= 11 is 0. The van der Waals surface area contributed by atoms with Gasteiger partial charge in [0.05, 0.1) is 14.2 Å². The minimum Gasteiger partial charge on any atom is -0.497 e. The average Bonchev–Trinajstić information content (AvgIpc) is 3.26. The summed E-state index contributed by atoms with van der Waals surface area (Å²) in [5, 5.41) is 4.15. The van der Waals surface area contributed by atoms with Gasteiger partial charge in [-0.1, -0.05) is 24.3 Å². The van der Waals surface area contributed by atoms with Gasteiger partial charge in [-0.15, -0.1) is 0 Å². The van der Waals surface area contributed by atoms with Crippen molar-refractivity contribution in [1.82, 2.24) is 14.1 Å². The van der Waals surface area contributed by atoms with Crippen molar-refractivity contribution < 1.29 is 22.7 Å². The SMILES string of the molecule is COc1ccc(CN(Cc2ccc(OC)cc2)S(=O)(=O)c2cc3n(n2)CCCC3=O)cc1. The zero-order chi connectivity index (χ0) is 22.7. The molecule has 2 aromatic carbocycles. The fourth-order valence-electron chi connectivity index (χ4n) is 3.66. The number of nitrogens with zero attached hydrogens (tertiary/aromatic N) is 3. The largest absolute Gasteiger partial charge is 0.497 e. The second-order valence-electron chi connectivity index (χ2n) is 7.59. The Morgan fingerprint density at radius 1 is 0.938 bits per heavy atom. The molecule has 8 nitrogen and oxygen atoms in total. The molecule has 1 aromatic heterocycles. The van der Waals surface area contributed by atoms with Crippen molar-refractivity contribution in [3.63, 3.8) is 0 Å². The number of sulfonamides is 1. The van der Waals surface area contributed by atoms with Crippen LogP contribution in [0.15, 0.2) is 59.6 Å². The molecule has 0 fully saturated rings. The van der Waals surface area contributed by atoms with Crippen molar-refractivity contribution >= 4 is 15.8 Å². The molecule has 0 saturated heterocycles. The summed E-state index contributed by atoms with van der Waals surface area (Å²) in [5.74, 6) is 1.30. The molecule has 0 unspecified atom stereocenters. The summed E-state index contributed by atoms with van der Waals surface area (Å²) in [6.45, 7) is 0.830. The van der Waals surface area contributed by atoms with Gasteiger partial charge in [0.15, 0.2) is 10.8 Å². The van der Waals surface area contributed by atoms with E-state index in [-0.39, 0.29) is 23.9 Å². The van der Waals surface area contributed by atoms with Crippen LogP contribution in [0.4, 0.5) is 0 Å². The molecule has 1 aliphatic rings. The highest BCUT2D eigenvalue weighted by Gasteiger charge is 2.31. The van der Waals surface area contributed by atoms with Gasteiger partial charge >= 0.3 is 0 Å². The van der Waals surface area contributed by atoms with Crippen LogP contribution in [0.2, 0.25) is 0 Å². The molecule has 4 rings (SSSR count). The summed E-state index contributed by atoms with van der Waals surface area (Å²) in [6.07, 6.45) is 1.07. The van der Waals surface area contributed by atoms with E-state index in [2.05, 4.69) is 5.10 Å². The van der Waals surface area contributed by atoms with E-state index in [1.807, 2.05) is 24.3 Å². The number of rotatable bonds is 8. The number of fused-ring (bicyclic) bond motifs is 1. The molecule has 32 heavy (non-hydrogen) atoms. The van der Waals surface area contributed by atoms with Crippen molar-refractivity contribution in [2.45, 2.75) is 37.5 Å². The lowest BCUT2D eigenvalue weighted by Gasteiger charge is -2.21. The Balaban J connectivity index is 1.68. The molecule has 2 heterocycles. The van der Waals surface area contributed by atoms with E-state index in [0.29, 0.717) is 36.6 Å². The number of benzene rings is 2. The number of Topliss-reactive ketones (excluding diaryl/α,β-unsaturated/α-hetero) is 1. The summed E-state index contributed by atoms with van der Waals surface area (Å²) in [5.41, 5.74) is 1.97. The predicted octanol–water partition coefficient (Wildman–Crippen LogP) is 3.27. The van der Waals surface area contributed by atoms with E-state index in [1.54, 1.807) is 38.5 Å². The number of ether oxygens (including phenoxy) is 2. The van der Waals surface area contributed by atoms with Gasteiger partial charge in [0.2, 0.25) is 0 Å². The Kier molecular flexibility index (Phi) is 6.29. The topological polar surface area (TPSA) is 90.7 Å². The first-order chi connectivity index (χ1) is 15.4. The highest BCUT2D eigenvalue weighted by molar-refractivity contribution is 7.89. The van der Waals surface area contributed by atoms with E-state index in [1.165, 1.54) is 15.1 Å². The zero-order valence-corrected chi connectivity index (χ0v) is 18.8. The van der Waals surface area contributed by atoms with Crippen LogP contribution < -0.4 is 9.47 Å². The maximum Gasteiger partial charge on any atom is 0.263 e. The van der Waals surface area contributed by atoms with Crippen LogP contribution >= 0.6 is 0 Å². The number of hydrogen-bond donors (Lipinski definition) is 0. The Bertz CT molecular complexity index is 1150. The third-order valence-electron chi connectivity index (χ3n) is 5.46. The lowest BCUT2D eigenvalue weighted by Crippen LogP contribution is -2.30. The van der Waals surface area contributed by atoms with Crippen molar-refractivity contribution in [3.8, 4) is 11.5 Å². The first-order valence-electron chi connectivity index (χ1n) is 10.3. The van der Waals surface area contributed by atoms with Crippen LogP contribution in [0.5, 0.6) is 11.5 Å². The third-order valence-corrected chi connectivity index (χ3v) is 7.12. The second kappa shape index (κ2) is 9.13. The Labute approximate surface area is 187 Å². The first kappa shape index (κ1) is 22.0. The molecule has 0 amide bonds. The zero-order valence-electron chi connectivity index (χ0n) is 18.0. The van der Waals surface area contributed by atoms with Gasteiger partial charge in [-0.05, 0) is 41.8 Å². The van der Waals surface area contributed by atoms with E-state index in [0.717, 1.165) is 11.1 Å². The number of carbonyl (C=O) groups excluding carboxylic acids is 1. The molecular formula is C23H25N3O5S. The number of carbonyl (C=O) groups is 1. The van der Waals surface area contributed by atoms with Gasteiger partial charge in [0.1, 0.15) is 17.2 Å². The van der Waals surface area contributed by atoms with Crippen LogP contribution in [-0.2, 0) is 29.7 Å². The van der Waals surface area contributed by atoms with Crippen LogP contribution in [0.3, 0.4) is 0 Å². The fraction of sp³-hybridized carbons (Fsp3) is 0.304. The van der Waals surface area contributed by atoms with Crippen LogP contribution in [-0.4, -0.2) is 42.5 Å². The van der Waals surface area contributed by atoms with Crippen LogP contribution in [0, 0.1) is 0 Å². The van der Waals surface area contributed by atoms with Crippen LogP contribution in [0.25, 0.3) is 0 Å². The number of aryl methyl sites for hydroxylation is 1. The van der Waals surface area contributed by atoms with Crippen molar-refractivity contribution in [1.29, 1.82) is 0 Å². The minimum absolute atomic E-state index is 0.0814. The summed E-state index contributed by atoms with van der Waals surface area (Å²) in [6, 6.07) is 15.9. The Morgan fingerprint density at radius 3 is 1.94 bits per heavy atom. The van der Waals surface area contributed by atoms with Crippen LogP contribution in [0.1, 0.15) is 34.5 Å². The third kappa shape index (κ3) is 4.53. The van der Waals surface area contributed by atoms with Crippen molar-refractivity contribution in [3.05, 3.63) is 71.4 Å². The maximum absolute atomic E-state index is 13.6. The molecule has 0 atom stereocenters. The smallest absolute Gasteiger partial charge is 0.263 e. The van der Waals surface area contributed by atoms with Gasteiger partial charge in [0.25, 0.3) is 10.0 Å². The molecule has 0 saturated carbocycles. The van der Waals surface area contributed by atoms with E-state index in [9.17, 15) is 13.2 Å². The van der Waals surface area contributed by atoms with Gasteiger partial charge in [-0.3, -0.25) is 9.48 Å². The fourth-order valence-corrected chi connectivity index (χ4v) is 5.02. The second-order valence-corrected chi connectivity index (χ2v) is 9.47. The summed E-state index contributed by atoms with van der Waals surface area (Å²) in [4.78, 5) is 12.2. The summed E-state index contributed by atoms with van der Waals surface area (Å²) < 4.78 is 40.5. The maximum atomic E-state index is 13.6. The number of aromatic nitrogens is 2. The Morgan fingerprint density at radius 2 is 1.47 bits per heavy atom. The quantitative estimate of drug-likeness (QED) is 0.518. The highest BCUT2D eigenvalue weighted by Crippen LogP contribution is 2.25. The molecule has 9 heteroatoms.